The molecule has 1 unspecified atom stereocenters. The minimum Gasteiger partial charge on any atom is -0.480 e. The predicted octanol–water partition coefficient (Wildman–Crippen LogP) is 0.977. The van der Waals surface area contributed by atoms with Crippen LogP contribution in [0.5, 0.6) is 0 Å². The molecule has 0 bridgehead atoms. The third-order valence-corrected chi connectivity index (χ3v) is 3.89. The molecule has 2 rings (SSSR count). The summed E-state index contributed by atoms with van der Waals surface area (Å²) in [5, 5.41) is 11.8. The summed E-state index contributed by atoms with van der Waals surface area (Å²) in [5.41, 5.74) is 0. The van der Waals surface area contributed by atoms with Crippen LogP contribution in [0.1, 0.15) is 32.6 Å². The number of nitrogens with one attached hydrogen (secondary N) is 1. The van der Waals surface area contributed by atoms with Crippen LogP contribution in [0.15, 0.2) is 0 Å². The van der Waals surface area contributed by atoms with E-state index in [1.54, 1.807) is 0 Å². The summed E-state index contributed by atoms with van der Waals surface area (Å²) in [4.78, 5) is 26.8. The van der Waals surface area contributed by atoms with Gasteiger partial charge in [0.2, 0.25) is 0 Å². The SMILES string of the molecule is CC(CN1CCCC1)NC(=O)N(CC(=O)O)CC1CC1. The first-order chi connectivity index (χ1) is 9.54. The molecule has 114 valence electrons. The first-order valence-corrected chi connectivity index (χ1v) is 7.54. The summed E-state index contributed by atoms with van der Waals surface area (Å²) in [6, 6.07) is -0.193. The molecular formula is C14H25N3O3. The molecule has 2 N–H and O–H groups in total. The highest BCUT2D eigenvalue weighted by molar-refractivity contribution is 5.80. The lowest BCUT2D eigenvalue weighted by Gasteiger charge is -2.26. The number of likely N-dealkylation sites (tertiary alicyclic amines) is 1. The van der Waals surface area contributed by atoms with Crippen LogP contribution in [0, 0.1) is 5.92 Å². The molecule has 1 aliphatic heterocycles. The van der Waals surface area contributed by atoms with Gasteiger partial charge in [0.1, 0.15) is 6.54 Å². The Kier molecular flexibility index (Phi) is 5.23. The third kappa shape index (κ3) is 5.00. The lowest BCUT2D eigenvalue weighted by Crippen LogP contribution is -2.49. The van der Waals surface area contributed by atoms with Gasteiger partial charge >= 0.3 is 12.0 Å². The number of carboxylic acids is 1. The van der Waals surface area contributed by atoms with E-state index in [9.17, 15) is 9.59 Å². The number of nitrogens with zero attached hydrogens (tertiary/aromatic N) is 2. The van der Waals surface area contributed by atoms with E-state index in [0.29, 0.717) is 12.5 Å². The number of aliphatic carboxylic acids is 1. The number of urea groups is 1. The second kappa shape index (κ2) is 6.92. The van der Waals surface area contributed by atoms with Gasteiger partial charge in [-0.05, 0) is 51.6 Å². The van der Waals surface area contributed by atoms with Gasteiger partial charge in [0, 0.05) is 19.1 Å². The van der Waals surface area contributed by atoms with E-state index < -0.39 is 5.97 Å². The number of carbonyl (C=O) groups is 2. The van der Waals surface area contributed by atoms with Gasteiger partial charge in [0.25, 0.3) is 0 Å². The smallest absolute Gasteiger partial charge is 0.323 e. The Morgan fingerprint density at radius 3 is 2.55 bits per heavy atom. The molecular weight excluding hydrogens is 258 g/mol. The van der Waals surface area contributed by atoms with Crippen LogP contribution in [0.2, 0.25) is 0 Å². The van der Waals surface area contributed by atoms with E-state index in [4.69, 9.17) is 5.11 Å². The molecule has 1 aliphatic carbocycles. The van der Waals surface area contributed by atoms with Gasteiger partial charge in [-0.15, -0.1) is 0 Å². The highest BCUT2D eigenvalue weighted by Gasteiger charge is 2.28. The molecule has 6 nitrogen and oxygen atoms in total. The molecule has 1 saturated carbocycles. The zero-order valence-electron chi connectivity index (χ0n) is 12.2. The zero-order valence-corrected chi connectivity index (χ0v) is 12.2. The maximum atomic E-state index is 12.2. The summed E-state index contributed by atoms with van der Waals surface area (Å²) in [5.74, 6) is -0.456. The monoisotopic (exact) mass is 283 g/mol. The highest BCUT2D eigenvalue weighted by atomic mass is 16.4. The quantitative estimate of drug-likeness (QED) is 0.730. The number of hydrogen-bond donors (Lipinski definition) is 2. The van der Waals surface area contributed by atoms with Gasteiger partial charge in [-0.1, -0.05) is 0 Å². The molecule has 0 aromatic rings. The molecule has 20 heavy (non-hydrogen) atoms. The molecule has 1 saturated heterocycles. The Morgan fingerprint density at radius 1 is 1.35 bits per heavy atom. The van der Waals surface area contributed by atoms with Crippen molar-refractivity contribution in [1.82, 2.24) is 15.1 Å². The van der Waals surface area contributed by atoms with Crippen molar-refractivity contribution in [1.29, 1.82) is 0 Å². The van der Waals surface area contributed by atoms with Gasteiger partial charge < -0.3 is 20.2 Å². The number of carboxylic acid groups (broad SMARTS) is 1. The molecule has 0 spiro atoms. The van der Waals surface area contributed by atoms with Crippen molar-refractivity contribution < 1.29 is 14.7 Å². The Hall–Kier alpha value is -1.30. The fourth-order valence-electron chi connectivity index (χ4n) is 2.69. The van der Waals surface area contributed by atoms with E-state index in [-0.39, 0.29) is 18.6 Å². The third-order valence-electron chi connectivity index (χ3n) is 3.89. The molecule has 0 aromatic heterocycles. The lowest BCUT2D eigenvalue weighted by molar-refractivity contribution is -0.137. The van der Waals surface area contributed by atoms with Crippen molar-refractivity contribution in [3.63, 3.8) is 0 Å². The number of carbonyl (C=O) groups excluding carboxylic acids is 1. The zero-order chi connectivity index (χ0) is 14.5. The van der Waals surface area contributed by atoms with Crippen molar-refractivity contribution in [3.8, 4) is 0 Å². The number of hydrogen-bond acceptors (Lipinski definition) is 3. The number of rotatable bonds is 7. The summed E-state index contributed by atoms with van der Waals surface area (Å²) in [6.45, 7) is 5.37. The molecule has 2 amide bonds. The first-order valence-electron chi connectivity index (χ1n) is 7.54. The van der Waals surface area contributed by atoms with Crippen LogP contribution in [0.4, 0.5) is 4.79 Å². The summed E-state index contributed by atoms with van der Waals surface area (Å²) < 4.78 is 0. The fourth-order valence-corrected chi connectivity index (χ4v) is 2.69. The molecule has 2 fully saturated rings. The molecule has 1 atom stereocenters. The average molecular weight is 283 g/mol. The van der Waals surface area contributed by atoms with E-state index in [0.717, 1.165) is 32.5 Å². The Labute approximate surface area is 120 Å². The summed E-state index contributed by atoms with van der Waals surface area (Å²) >= 11 is 0. The second-order valence-electron chi connectivity index (χ2n) is 6.08. The normalized spacial score (nSPS) is 20.6. The van der Waals surface area contributed by atoms with Crippen molar-refractivity contribution in [2.75, 3.05) is 32.7 Å². The van der Waals surface area contributed by atoms with E-state index in [1.165, 1.54) is 17.7 Å². The second-order valence-corrected chi connectivity index (χ2v) is 6.08. The topological polar surface area (TPSA) is 72.9 Å². The number of amides is 2. The Balaban J connectivity index is 1.77. The van der Waals surface area contributed by atoms with Crippen LogP contribution in [-0.4, -0.2) is 65.7 Å². The van der Waals surface area contributed by atoms with E-state index in [1.807, 2.05) is 6.92 Å². The summed E-state index contributed by atoms with van der Waals surface area (Å²) in [7, 11) is 0. The van der Waals surface area contributed by atoms with Crippen LogP contribution in [0.25, 0.3) is 0 Å². The van der Waals surface area contributed by atoms with Gasteiger partial charge in [0.05, 0.1) is 0 Å². The van der Waals surface area contributed by atoms with Gasteiger partial charge in [-0.2, -0.15) is 0 Å². The molecule has 2 aliphatic rings. The largest absolute Gasteiger partial charge is 0.480 e. The lowest BCUT2D eigenvalue weighted by atomic mass is 10.3. The van der Waals surface area contributed by atoms with Crippen LogP contribution < -0.4 is 5.32 Å². The summed E-state index contributed by atoms with van der Waals surface area (Å²) in [6.07, 6.45) is 4.67. The van der Waals surface area contributed by atoms with Crippen LogP contribution in [0.3, 0.4) is 0 Å². The predicted molar refractivity (Wildman–Crippen MR) is 75.6 cm³/mol. The molecule has 6 heteroatoms. The molecule has 0 aromatic carbocycles. The highest BCUT2D eigenvalue weighted by Crippen LogP contribution is 2.29. The minimum absolute atomic E-state index is 0.0519. The maximum absolute atomic E-state index is 12.2. The van der Waals surface area contributed by atoms with Gasteiger partial charge in [-0.3, -0.25) is 4.79 Å². The van der Waals surface area contributed by atoms with Crippen molar-refractivity contribution in [3.05, 3.63) is 0 Å². The Bertz CT molecular complexity index is 352. The standard InChI is InChI=1S/C14H25N3O3/c1-11(8-16-6-2-3-7-16)15-14(20)17(10-13(18)19)9-12-4-5-12/h11-12H,2-10H2,1H3,(H,15,20)(H,18,19). The molecule has 0 radical (unpaired) electrons. The van der Waals surface area contributed by atoms with Crippen LogP contribution >= 0.6 is 0 Å². The maximum Gasteiger partial charge on any atom is 0.323 e. The van der Waals surface area contributed by atoms with Crippen LogP contribution in [-0.2, 0) is 4.79 Å². The van der Waals surface area contributed by atoms with Crippen molar-refractivity contribution in [2.24, 2.45) is 5.92 Å². The van der Waals surface area contributed by atoms with Gasteiger partial charge in [-0.25, -0.2) is 4.79 Å². The van der Waals surface area contributed by atoms with Crippen molar-refractivity contribution in [2.45, 2.75) is 38.6 Å². The van der Waals surface area contributed by atoms with Gasteiger partial charge in [0.15, 0.2) is 0 Å². The first kappa shape index (κ1) is 15.1. The Morgan fingerprint density at radius 2 is 2.00 bits per heavy atom. The average Bonchev–Trinajstić information content (AvgIpc) is 3.03. The fraction of sp³-hybridized carbons (Fsp3) is 0.857. The van der Waals surface area contributed by atoms with E-state index in [2.05, 4.69) is 10.2 Å². The van der Waals surface area contributed by atoms with Crippen molar-refractivity contribution >= 4 is 12.0 Å². The van der Waals surface area contributed by atoms with E-state index >= 15 is 0 Å². The minimum atomic E-state index is -0.951. The molecule has 1 heterocycles.